The third-order valence-corrected chi connectivity index (χ3v) is 7.17. The second-order valence-corrected chi connectivity index (χ2v) is 8.94. The van der Waals surface area contributed by atoms with Crippen LogP contribution in [-0.2, 0) is 18.2 Å². The van der Waals surface area contributed by atoms with E-state index >= 15 is 0 Å². The summed E-state index contributed by atoms with van der Waals surface area (Å²) in [5.74, 6) is 1.81. The predicted molar refractivity (Wildman–Crippen MR) is 128 cm³/mol. The fraction of sp³-hybridized carbons (Fsp3) is 0.818. The number of nitrogens with zero attached hydrogens (tertiary/aromatic N) is 4. The van der Waals surface area contributed by atoms with Crippen LogP contribution in [0.1, 0.15) is 57.9 Å². The standard InChI is InChI=1S/C22H37N5O.HI/c1-4-23-21(25-19-13-20(28-5-2)22(19)9-6-7-10-22)27-11-8-17(16-27)12-18-14-24-26(3)15-18;/h14-15,17,19-20H,4-13,16H2,1-3H3,(H,23,25);1H. The lowest BCUT2D eigenvalue weighted by Crippen LogP contribution is -2.65. The molecule has 0 aromatic carbocycles. The number of likely N-dealkylation sites (tertiary alicyclic amines) is 1. The maximum Gasteiger partial charge on any atom is 0.194 e. The second-order valence-electron chi connectivity index (χ2n) is 8.94. The Morgan fingerprint density at radius 1 is 1.34 bits per heavy atom. The van der Waals surface area contributed by atoms with Crippen LogP contribution in [0, 0.1) is 11.3 Å². The van der Waals surface area contributed by atoms with Gasteiger partial charge < -0.3 is 15.0 Å². The third kappa shape index (κ3) is 4.75. The lowest BCUT2D eigenvalue weighted by atomic mass is 9.60. The maximum atomic E-state index is 6.10. The predicted octanol–water partition coefficient (Wildman–Crippen LogP) is 3.61. The van der Waals surface area contributed by atoms with Crippen molar-refractivity contribution >= 4 is 29.9 Å². The minimum absolute atomic E-state index is 0. The molecule has 3 fully saturated rings. The smallest absolute Gasteiger partial charge is 0.194 e. The lowest BCUT2D eigenvalue weighted by molar-refractivity contribution is -0.126. The van der Waals surface area contributed by atoms with Gasteiger partial charge >= 0.3 is 0 Å². The fourth-order valence-electron chi connectivity index (χ4n) is 5.73. The van der Waals surface area contributed by atoms with Gasteiger partial charge in [-0.05, 0) is 57.4 Å². The van der Waals surface area contributed by atoms with Gasteiger partial charge in [0.2, 0.25) is 0 Å². The Balaban J connectivity index is 0.00000240. The van der Waals surface area contributed by atoms with Crippen LogP contribution in [-0.4, -0.2) is 59.0 Å². The van der Waals surface area contributed by atoms with Crippen molar-refractivity contribution in [2.45, 2.75) is 70.9 Å². The number of aromatic nitrogens is 2. The zero-order chi connectivity index (χ0) is 19.6. The first-order chi connectivity index (χ1) is 13.6. The molecule has 3 aliphatic rings. The van der Waals surface area contributed by atoms with E-state index in [-0.39, 0.29) is 24.0 Å². The molecule has 0 radical (unpaired) electrons. The van der Waals surface area contributed by atoms with E-state index in [1.165, 1.54) is 37.7 Å². The van der Waals surface area contributed by atoms with Crippen LogP contribution in [0.25, 0.3) is 0 Å². The van der Waals surface area contributed by atoms with E-state index in [1.54, 1.807) is 0 Å². The Kier molecular flexibility index (Phi) is 7.87. The normalized spacial score (nSPS) is 28.4. The number of guanidine groups is 1. The van der Waals surface area contributed by atoms with Crippen molar-refractivity contribution in [3.63, 3.8) is 0 Å². The molecule has 2 aliphatic carbocycles. The Morgan fingerprint density at radius 2 is 2.14 bits per heavy atom. The topological polar surface area (TPSA) is 54.7 Å². The number of aryl methyl sites for hydroxylation is 1. The SMILES string of the molecule is CCN=C(NC1CC(OCC)C12CCCC2)N1CCC(Cc2cnn(C)c2)C1.I. The first kappa shape index (κ1) is 22.8. The zero-order valence-electron chi connectivity index (χ0n) is 18.3. The van der Waals surface area contributed by atoms with E-state index in [1.807, 2.05) is 17.9 Å². The Bertz CT molecular complexity index is 684. The van der Waals surface area contributed by atoms with E-state index in [9.17, 15) is 0 Å². The molecule has 0 amide bonds. The van der Waals surface area contributed by atoms with Crippen molar-refractivity contribution < 1.29 is 4.74 Å². The van der Waals surface area contributed by atoms with E-state index in [2.05, 4.69) is 35.4 Å². The van der Waals surface area contributed by atoms with Crippen LogP contribution < -0.4 is 5.32 Å². The number of ether oxygens (including phenoxy) is 1. The molecule has 1 aromatic rings. The summed E-state index contributed by atoms with van der Waals surface area (Å²) in [5, 5.41) is 8.20. The highest BCUT2D eigenvalue weighted by atomic mass is 127. The van der Waals surface area contributed by atoms with Crippen LogP contribution in [0.15, 0.2) is 17.4 Å². The number of hydrogen-bond acceptors (Lipinski definition) is 3. The number of nitrogens with one attached hydrogen (secondary N) is 1. The Morgan fingerprint density at radius 3 is 2.79 bits per heavy atom. The summed E-state index contributed by atoms with van der Waals surface area (Å²) in [6, 6.07) is 0.522. The van der Waals surface area contributed by atoms with E-state index < -0.39 is 0 Å². The number of hydrogen-bond donors (Lipinski definition) is 1. The summed E-state index contributed by atoms with van der Waals surface area (Å²) in [5.41, 5.74) is 1.69. The monoisotopic (exact) mass is 515 g/mol. The van der Waals surface area contributed by atoms with Crippen molar-refractivity contribution in [2.24, 2.45) is 23.4 Å². The summed E-state index contributed by atoms with van der Waals surface area (Å²) >= 11 is 0. The van der Waals surface area contributed by atoms with Gasteiger partial charge in [0, 0.05) is 50.9 Å². The van der Waals surface area contributed by atoms with E-state index in [0.717, 1.165) is 45.0 Å². The molecular weight excluding hydrogens is 477 g/mol. The third-order valence-electron chi connectivity index (χ3n) is 7.17. The van der Waals surface area contributed by atoms with Gasteiger partial charge in [-0.25, -0.2) is 0 Å². The second kappa shape index (κ2) is 9.98. The highest BCUT2D eigenvalue weighted by Crippen LogP contribution is 2.54. The summed E-state index contributed by atoms with van der Waals surface area (Å²) in [6.07, 6.45) is 13.4. The lowest BCUT2D eigenvalue weighted by Gasteiger charge is -2.54. The Labute approximate surface area is 192 Å². The number of rotatable bonds is 6. The molecule has 1 aromatic heterocycles. The largest absolute Gasteiger partial charge is 0.378 e. The van der Waals surface area contributed by atoms with Gasteiger partial charge in [-0.1, -0.05) is 12.8 Å². The molecule has 7 heteroatoms. The molecule has 4 rings (SSSR count). The average molecular weight is 515 g/mol. The Hall–Kier alpha value is -0.830. The minimum Gasteiger partial charge on any atom is -0.378 e. The van der Waals surface area contributed by atoms with Gasteiger partial charge in [0.05, 0.1) is 12.3 Å². The first-order valence-electron chi connectivity index (χ1n) is 11.3. The molecule has 2 saturated carbocycles. The molecule has 3 atom stereocenters. The highest BCUT2D eigenvalue weighted by Gasteiger charge is 2.57. The van der Waals surface area contributed by atoms with Crippen molar-refractivity contribution in [3.8, 4) is 0 Å². The van der Waals surface area contributed by atoms with Gasteiger partial charge in [-0.2, -0.15) is 5.10 Å². The number of halogens is 1. The maximum absolute atomic E-state index is 6.10. The molecule has 1 spiro atoms. The molecule has 6 nitrogen and oxygen atoms in total. The van der Waals surface area contributed by atoms with Gasteiger partial charge in [0.1, 0.15) is 0 Å². The van der Waals surface area contributed by atoms with Crippen molar-refractivity contribution in [2.75, 3.05) is 26.2 Å². The first-order valence-corrected chi connectivity index (χ1v) is 11.3. The van der Waals surface area contributed by atoms with E-state index in [0.29, 0.717) is 23.5 Å². The molecule has 2 heterocycles. The summed E-state index contributed by atoms with van der Waals surface area (Å²) in [4.78, 5) is 7.36. The molecule has 1 saturated heterocycles. The van der Waals surface area contributed by atoms with Crippen molar-refractivity contribution in [1.29, 1.82) is 0 Å². The molecule has 0 bridgehead atoms. The molecular formula is C22H38IN5O. The summed E-state index contributed by atoms with van der Waals surface area (Å²) in [7, 11) is 1.99. The minimum atomic E-state index is 0. The molecule has 3 unspecified atom stereocenters. The van der Waals surface area contributed by atoms with Crippen LogP contribution in [0.5, 0.6) is 0 Å². The van der Waals surface area contributed by atoms with Gasteiger partial charge in [-0.15, -0.1) is 24.0 Å². The molecule has 29 heavy (non-hydrogen) atoms. The molecule has 1 aliphatic heterocycles. The summed E-state index contributed by atoms with van der Waals surface area (Å²) in [6.45, 7) is 8.12. The van der Waals surface area contributed by atoms with Crippen LogP contribution in [0.2, 0.25) is 0 Å². The van der Waals surface area contributed by atoms with Crippen LogP contribution in [0.4, 0.5) is 0 Å². The zero-order valence-corrected chi connectivity index (χ0v) is 20.6. The van der Waals surface area contributed by atoms with Gasteiger partial charge in [0.25, 0.3) is 0 Å². The highest BCUT2D eigenvalue weighted by molar-refractivity contribution is 14.0. The number of aliphatic imine (C=N–C) groups is 1. The van der Waals surface area contributed by atoms with Crippen LogP contribution >= 0.6 is 24.0 Å². The quantitative estimate of drug-likeness (QED) is 0.358. The van der Waals surface area contributed by atoms with Crippen LogP contribution in [0.3, 0.4) is 0 Å². The van der Waals surface area contributed by atoms with Gasteiger partial charge in [0.15, 0.2) is 5.96 Å². The van der Waals surface area contributed by atoms with Gasteiger partial charge in [-0.3, -0.25) is 9.67 Å². The molecule has 1 N–H and O–H groups in total. The van der Waals surface area contributed by atoms with Crippen molar-refractivity contribution in [1.82, 2.24) is 20.0 Å². The average Bonchev–Trinajstić information content (AvgIpc) is 3.42. The van der Waals surface area contributed by atoms with E-state index in [4.69, 9.17) is 9.73 Å². The van der Waals surface area contributed by atoms with Crippen molar-refractivity contribution in [3.05, 3.63) is 18.0 Å². The fourth-order valence-corrected chi connectivity index (χ4v) is 5.73. The molecule has 164 valence electrons. The summed E-state index contributed by atoms with van der Waals surface area (Å²) < 4.78 is 8.00.